The molecule has 4 rings (SSSR count). The first kappa shape index (κ1) is 20.4. The maximum atomic E-state index is 9.22. The first-order valence-corrected chi connectivity index (χ1v) is 10.3. The molecule has 28 heavy (non-hydrogen) atoms. The van der Waals surface area contributed by atoms with Crippen molar-refractivity contribution in [3.8, 4) is 0 Å². The molecule has 2 heterocycles. The predicted molar refractivity (Wildman–Crippen MR) is 105 cm³/mol. The van der Waals surface area contributed by atoms with Crippen LogP contribution in [0.1, 0.15) is 6.92 Å². The Labute approximate surface area is 164 Å². The van der Waals surface area contributed by atoms with Gasteiger partial charge in [-0.25, -0.2) is 13.4 Å². The van der Waals surface area contributed by atoms with Crippen LogP contribution in [-0.2, 0) is 25.9 Å². The molecule has 150 valence electrons. The van der Waals surface area contributed by atoms with Gasteiger partial charge in [-0.3, -0.25) is 4.18 Å². The average molecular weight is 405 g/mol. The van der Waals surface area contributed by atoms with E-state index in [0.717, 1.165) is 51.0 Å². The lowest BCUT2D eigenvalue weighted by molar-refractivity contribution is -0.641. The highest BCUT2D eigenvalue weighted by molar-refractivity contribution is 7.80. The molecule has 0 bridgehead atoms. The molecule has 0 aliphatic carbocycles. The average Bonchev–Trinajstić information content (AvgIpc) is 2.72. The SMILES string of the molecule is CC[n+]1c2ccccc2nc2ccc(N3CCOCC3)cc21.COS(=O)(=O)[O-]. The van der Waals surface area contributed by atoms with Crippen LogP contribution in [0.25, 0.3) is 22.1 Å². The second-order valence-electron chi connectivity index (χ2n) is 6.19. The molecule has 0 saturated carbocycles. The Morgan fingerprint density at radius 1 is 1.14 bits per heavy atom. The Morgan fingerprint density at radius 2 is 1.79 bits per heavy atom. The Bertz CT molecular complexity index is 1070. The number of benzene rings is 2. The van der Waals surface area contributed by atoms with Gasteiger partial charge in [0.05, 0.1) is 20.3 Å². The summed E-state index contributed by atoms with van der Waals surface area (Å²) in [6.45, 7) is 6.65. The Morgan fingerprint density at radius 3 is 2.43 bits per heavy atom. The van der Waals surface area contributed by atoms with Gasteiger partial charge in [-0.05, 0) is 25.1 Å². The summed E-state index contributed by atoms with van der Waals surface area (Å²) in [5.74, 6) is 0. The van der Waals surface area contributed by atoms with E-state index in [-0.39, 0.29) is 0 Å². The predicted octanol–water partition coefficient (Wildman–Crippen LogP) is 1.62. The van der Waals surface area contributed by atoms with Crippen molar-refractivity contribution in [1.82, 2.24) is 4.98 Å². The lowest BCUT2D eigenvalue weighted by Gasteiger charge is -2.28. The smallest absolute Gasteiger partial charge is 0.233 e. The van der Waals surface area contributed by atoms with Crippen LogP contribution in [0.4, 0.5) is 5.69 Å². The topological polar surface area (TPSA) is 95.7 Å². The van der Waals surface area contributed by atoms with Gasteiger partial charge >= 0.3 is 0 Å². The first-order valence-electron chi connectivity index (χ1n) is 8.99. The van der Waals surface area contributed by atoms with E-state index in [0.29, 0.717) is 0 Å². The molecule has 2 aromatic carbocycles. The van der Waals surface area contributed by atoms with Gasteiger partial charge in [0.15, 0.2) is 0 Å². The van der Waals surface area contributed by atoms with Gasteiger partial charge in [0.25, 0.3) is 0 Å². The van der Waals surface area contributed by atoms with Gasteiger partial charge < -0.3 is 14.2 Å². The Kier molecular flexibility index (Phi) is 6.40. The molecule has 9 heteroatoms. The molecule has 8 nitrogen and oxygen atoms in total. The summed E-state index contributed by atoms with van der Waals surface area (Å²) in [7, 11) is -3.60. The van der Waals surface area contributed by atoms with Crippen LogP contribution in [0.15, 0.2) is 42.5 Å². The molecular weight excluding hydrogens is 382 g/mol. The van der Waals surface area contributed by atoms with Gasteiger partial charge in [-0.2, -0.15) is 4.57 Å². The zero-order valence-electron chi connectivity index (χ0n) is 15.9. The van der Waals surface area contributed by atoms with Crippen molar-refractivity contribution in [3.05, 3.63) is 42.5 Å². The van der Waals surface area contributed by atoms with E-state index < -0.39 is 10.4 Å². The summed E-state index contributed by atoms with van der Waals surface area (Å²) in [6, 6.07) is 14.9. The molecule has 0 amide bonds. The third kappa shape index (κ3) is 4.74. The molecule has 0 spiro atoms. The number of rotatable bonds is 3. The minimum absolute atomic E-state index is 0.807. The van der Waals surface area contributed by atoms with Crippen molar-refractivity contribution in [2.45, 2.75) is 13.5 Å². The summed E-state index contributed by atoms with van der Waals surface area (Å²) in [4.78, 5) is 7.20. The fourth-order valence-corrected chi connectivity index (χ4v) is 3.23. The highest BCUT2D eigenvalue weighted by Gasteiger charge is 2.18. The molecule has 1 aliphatic rings. The van der Waals surface area contributed by atoms with Gasteiger partial charge in [0.2, 0.25) is 21.4 Å². The maximum Gasteiger partial charge on any atom is 0.233 e. The van der Waals surface area contributed by atoms with Crippen LogP contribution >= 0.6 is 0 Å². The lowest BCUT2D eigenvalue weighted by Crippen LogP contribution is -2.37. The van der Waals surface area contributed by atoms with Gasteiger partial charge in [0, 0.05) is 30.9 Å². The van der Waals surface area contributed by atoms with Crippen molar-refractivity contribution < 1.29 is 26.5 Å². The zero-order valence-corrected chi connectivity index (χ0v) is 16.7. The van der Waals surface area contributed by atoms with Crippen LogP contribution < -0.4 is 9.47 Å². The summed E-state index contributed by atoms with van der Waals surface area (Å²) in [6.07, 6.45) is 0. The fourth-order valence-electron chi connectivity index (χ4n) is 3.23. The van der Waals surface area contributed by atoms with E-state index in [9.17, 15) is 13.0 Å². The minimum atomic E-state index is -4.41. The fraction of sp³-hybridized carbons (Fsp3) is 0.368. The molecule has 0 atom stereocenters. The number of fused-ring (bicyclic) bond motifs is 2. The van der Waals surface area contributed by atoms with Crippen LogP contribution in [0.2, 0.25) is 0 Å². The number of aryl methyl sites for hydroxylation is 1. The van der Waals surface area contributed by atoms with Gasteiger partial charge in [-0.15, -0.1) is 0 Å². The molecule has 0 unspecified atom stereocenters. The molecule has 1 saturated heterocycles. The summed E-state index contributed by atoms with van der Waals surface area (Å²) in [5.41, 5.74) is 5.76. The number of nitrogens with zero attached hydrogens (tertiary/aromatic N) is 3. The van der Waals surface area contributed by atoms with E-state index in [1.807, 2.05) is 6.07 Å². The van der Waals surface area contributed by atoms with Gasteiger partial charge in [-0.1, -0.05) is 12.1 Å². The second kappa shape index (κ2) is 8.78. The quantitative estimate of drug-likeness (QED) is 0.283. The number of anilines is 1. The molecule has 0 N–H and O–H groups in total. The van der Waals surface area contributed by atoms with E-state index in [1.165, 1.54) is 16.7 Å². The minimum Gasteiger partial charge on any atom is -0.726 e. The van der Waals surface area contributed by atoms with E-state index >= 15 is 0 Å². The molecule has 1 aromatic heterocycles. The number of ether oxygens (including phenoxy) is 1. The van der Waals surface area contributed by atoms with Crippen molar-refractivity contribution in [2.24, 2.45) is 0 Å². The number of aromatic nitrogens is 2. The third-order valence-corrected chi connectivity index (χ3v) is 4.97. The highest BCUT2D eigenvalue weighted by Crippen LogP contribution is 2.22. The largest absolute Gasteiger partial charge is 0.726 e. The molecule has 3 aromatic rings. The number of hydrogen-bond donors (Lipinski definition) is 0. The van der Waals surface area contributed by atoms with Crippen LogP contribution in [0.3, 0.4) is 0 Å². The third-order valence-electron chi connectivity index (χ3n) is 4.56. The lowest BCUT2D eigenvalue weighted by atomic mass is 10.2. The standard InChI is InChI=1S/C18H20N3O.CH4O4S/c1-2-21-17-6-4-3-5-15(17)19-16-8-7-14(13-18(16)21)20-9-11-22-12-10-20;1-5-6(2,3)4/h3-8,13H,2,9-12H2,1H3;1H3,(H,2,3,4)/q+1;/p-1. The molecule has 1 aliphatic heterocycles. The Balaban J connectivity index is 0.000000330. The maximum absolute atomic E-state index is 9.22. The number of morpholine rings is 1. The normalized spacial score (nSPS) is 14.8. The summed E-state index contributed by atoms with van der Waals surface area (Å²) >= 11 is 0. The van der Waals surface area contributed by atoms with E-state index in [2.05, 4.69) is 57.0 Å². The molecule has 1 fully saturated rings. The van der Waals surface area contributed by atoms with Crippen LogP contribution in [0, 0.1) is 0 Å². The summed E-state index contributed by atoms with van der Waals surface area (Å²) < 4.78 is 38.8. The van der Waals surface area contributed by atoms with E-state index in [4.69, 9.17) is 9.72 Å². The molecular formula is C19H23N3O5S. The summed E-state index contributed by atoms with van der Waals surface area (Å²) in [5, 5.41) is 0. The van der Waals surface area contributed by atoms with Gasteiger partial charge in [0.1, 0.15) is 17.6 Å². The zero-order chi connectivity index (χ0) is 20.1. The van der Waals surface area contributed by atoms with Crippen molar-refractivity contribution in [1.29, 1.82) is 0 Å². The van der Waals surface area contributed by atoms with Crippen LogP contribution in [-0.4, -0.2) is 51.4 Å². The molecule has 0 radical (unpaired) electrons. The van der Waals surface area contributed by atoms with Crippen LogP contribution in [0.5, 0.6) is 0 Å². The van der Waals surface area contributed by atoms with Crippen molar-refractivity contribution >= 4 is 38.2 Å². The highest BCUT2D eigenvalue weighted by atomic mass is 32.3. The second-order valence-corrected chi connectivity index (χ2v) is 7.34. The number of hydrogen-bond acceptors (Lipinski definition) is 7. The Hall–Kier alpha value is -2.33. The number of para-hydroxylation sites is 2. The van der Waals surface area contributed by atoms with E-state index in [1.54, 1.807) is 0 Å². The monoisotopic (exact) mass is 405 g/mol. The van der Waals surface area contributed by atoms with Crippen molar-refractivity contribution in [2.75, 3.05) is 38.3 Å². The van der Waals surface area contributed by atoms with Crippen molar-refractivity contribution in [3.63, 3.8) is 0 Å². The first-order chi connectivity index (χ1) is 13.4.